The number of amides is 2. The average molecular weight is 436 g/mol. The molecule has 4 N–H and O–H groups in total. The van der Waals surface area contributed by atoms with Gasteiger partial charge in [0.15, 0.2) is 0 Å². The highest BCUT2D eigenvalue weighted by Crippen LogP contribution is 2.34. The molecular formula is C21H31BClN3O4. The van der Waals surface area contributed by atoms with Crippen LogP contribution in [-0.4, -0.2) is 53.6 Å². The second-order valence-corrected chi connectivity index (χ2v) is 9.31. The minimum Gasteiger partial charge on any atom is -0.426 e. The van der Waals surface area contributed by atoms with Crippen molar-refractivity contribution in [2.24, 2.45) is 11.8 Å². The zero-order valence-corrected chi connectivity index (χ0v) is 18.3. The molecule has 164 valence electrons. The molecule has 3 atom stereocenters. The molecule has 2 amide bonds. The fourth-order valence-electron chi connectivity index (χ4n) is 3.86. The monoisotopic (exact) mass is 435 g/mol. The molecule has 7 nitrogen and oxygen atoms in total. The Balaban J connectivity index is 1.63. The van der Waals surface area contributed by atoms with Crippen molar-refractivity contribution in [1.82, 2.24) is 10.6 Å². The number of rotatable bonds is 10. The zero-order chi connectivity index (χ0) is 21.8. The molecule has 1 saturated heterocycles. The predicted octanol–water partition coefficient (Wildman–Crippen LogP) is 1.75. The molecule has 1 aromatic carbocycles. The Morgan fingerprint density at radius 3 is 2.50 bits per heavy atom. The molecule has 0 unspecified atom stereocenters. The van der Waals surface area contributed by atoms with Gasteiger partial charge in [0, 0.05) is 17.3 Å². The largest absolute Gasteiger partial charge is 0.475 e. The van der Waals surface area contributed by atoms with Crippen LogP contribution < -0.4 is 15.5 Å². The summed E-state index contributed by atoms with van der Waals surface area (Å²) in [6, 6.07) is 6.36. The standard InChI is InChI=1S/C21H31BClN3O4/c1-13(2)10-19(22(29)30)25-20(27)17(11-14-6-7-14)24-21(28)18-8-9-26(18)16-5-3-4-15(23)12-16/h3-5,12-14,17-19,29-30H,6-11H2,1-2H3,(H,24,28)(H,25,27)/t17-,18-,19-/m0/s1. The van der Waals surface area contributed by atoms with Gasteiger partial charge in [-0.05, 0) is 49.3 Å². The third-order valence-electron chi connectivity index (χ3n) is 5.77. The molecule has 0 spiro atoms. The number of anilines is 1. The van der Waals surface area contributed by atoms with E-state index in [2.05, 4.69) is 10.6 Å². The summed E-state index contributed by atoms with van der Waals surface area (Å²) in [6.07, 6.45) is 3.82. The number of hydrogen-bond acceptors (Lipinski definition) is 5. The lowest BCUT2D eigenvalue weighted by atomic mass is 9.75. The number of carbonyl (C=O) groups is 2. The van der Waals surface area contributed by atoms with Gasteiger partial charge in [-0.25, -0.2) is 0 Å². The van der Waals surface area contributed by atoms with Gasteiger partial charge in [-0.2, -0.15) is 0 Å². The fraction of sp³-hybridized carbons (Fsp3) is 0.619. The van der Waals surface area contributed by atoms with Crippen molar-refractivity contribution in [3.05, 3.63) is 29.3 Å². The summed E-state index contributed by atoms with van der Waals surface area (Å²) in [7, 11) is -1.64. The van der Waals surface area contributed by atoms with Crippen LogP contribution in [-0.2, 0) is 9.59 Å². The van der Waals surface area contributed by atoms with Crippen molar-refractivity contribution in [3.63, 3.8) is 0 Å². The second kappa shape index (κ2) is 10.0. The smallest absolute Gasteiger partial charge is 0.426 e. The van der Waals surface area contributed by atoms with E-state index in [9.17, 15) is 19.6 Å². The normalized spacial score (nSPS) is 20.3. The first kappa shape index (κ1) is 22.9. The van der Waals surface area contributed by atoms with Crippen molar-refractivity contribution < 1.29 is 19.6 Å². The minimum atomic E-state index is -1.64. The minimum absolute atomic E-state index is 0.188. The molecule has 30 heavy (non-hydrogen) atoms. The number of hydrogen-bond donors (Lipinski definition) is 4. The molecular weight excluding hydrogens is 405 g/mol. The first-order valence-corrected chi connectivity index (χ1v) is 11.1. The van der Waals surface area contributed by atoms with Crippen LogP contribution in [0.25, 0.3) is 0 Å². The summed E-state index contributed by atoms with van der Waals surface area (Å²) >= 11 is 6.08. The fourth-order valence-corrected chi connectivity index (χ4v) is 4.04. The lowest BCUT2D eigenvalue weighted by Crippen LogP contribution is -2.61. The lowest BCUT2D eigenvalue weighted by molar-refractivity contribution is -0.130. The third-order valence-corrected chi connectivity index (χ3v) is 6.01. The van der Waals surface area contributed by atoms with Crippen LogP contribution in [0.3, 0.4) is 0 Å². The Morgan fingerprint density at radius 1 is 1.23 bits per heavy atom. The number of benzene rings is 1. The summed E-state index contributed by atoms with van der Waals surface area (Å²) in [5.41, 5.74) is 0.887. The Kier molecular flexibility index (Phi) is 7.66. The van der Waals surface area contributed by atoms with Gasteiger partial charge in [-0.1, -0.05) is 44.4 Å². The Labute approximate surface area is 183 Å². The highest BCUT2D eigenvalue weighted by atomic mass is 35.5. The summed E-state index contributed by atoms with van der Waals surface area (Å²) in [5, 5.41) is 25.5. The molecule has 3 rings (SSSR count). The van der Waals surface area contributed by atoms with Gasteiger partial charge in [0.05, 0.1) is 5.94 Å². The summed E-state index contributed by atoms with van der Waals surface area (Å²) < 4.78 is 0. The van der Waals surface area contributed by atoms with Crippen LogP contribution in [0.2, 0.25) is 5.02 Å². The van der Waals surface area contributed by atoms with E-state index >= 15 is 0 Å². The molecule has 1 aliphatic carbocycles. The average Bonchev–Trinajstić information content (AvgIpc) is 3.43. The molecule has 9 heteroatoms. The molecule has 1 aromatic rings. The lowest BCUT2D eigenvalue weighted by Gasteiger charge is -2.42. The van der Waals surface area contributed by atoms with Gasteiger partial charge < -0.3 is 25.6 Å². The third kappa shape index (κ3) is 6.12. The zero-order valence-electron chi connectivity index (χ0n) is 17.6. The van der Waals surface area contributed by atoms with Gasteiger partial charge in [0.2, 0.25) is 11.8 Å². The van der Waals surface area contributed by atoms with Crippen LogP contribution in [0.4, 0.5) is 5.69 Å². The van der Waals surface area contributed by atoms with E-state index in [1.807, 2.05) is 36.9 Å². The summed E-state index contributed by atoms with van der Waals surface area (Å²) in [6.45, 7) is 4.66. The van der Waals surface area contributed by atoms with Crippen LogP contribution in [0.15, 0.2) is 24.3 Å². The predicted molar refractivity (Wildman–Crippen MR) is 118 cm³/mol. The van der Waals surface area contributed by atoms with Crippen molar-refractivity contribution >= 4 is 36.2 Å². The molecule has 2 aliphatic rings. The molecule has 1 saturated carbocycles. The summed E-state index contributed by atoms with van der Waals surface area (Å²) in [4.78, 5) is 27.8. The van der Waals surface area contributed by atoms with E-state index in [1.54, 1.807) is 6.07 Å². The van der Waals surface area contributed by atoms with Gasteiger partial charge in [0.25, 0.3) is 0 Å². The van der Waals surface area contributed by atoms with Gasteiger partial charge in [-0.3, -0.25) is 9.59 Å². The number of nitrogens with one attached hydrogen (secondary N) is 2. The van der Waals surface area contributed by atoms with E-state index in [1.165, 1.54) is 0 Å². The first-order valence-electron chi connectivity index (χ1n) is 10.7. The molecule has 0 bridgehead atoms. The molecule has 2 fully saturated rings. The second-order valence-electron chi connectivity index (χ2n) is 8.88. The Morgan fingerprint density at radius 2 is 1.97 bits per heavy atom. The number of halogens is 1. The molecule has 1 aliphatic heterocycles. The topological polar surface area (TPSA) is 102 Å². The highest BCUT2D eigenvalue weighted by molar-refractivity contribution is 6.43. The van der Waals surface area contributed by atoms with E-state index in [4.69, 9.17) is 11.6 Å². The van der Waals surface area contributed by atoms with E-state index in [-0.39, 0.29) is 23.8 Å². The molecule has 0 aromatic heterocycles. The number of nitrogens with zero attached hydrogens (tertiary/aromatic N) is 1. The van der Waals surface area contributed by atoms with Crippen molar-refractivity contribution in [1.29, 1.82) is 0 Å². The van der Waals surface area contributed by atoms with Crippen LogP contribution in [0.1, 0.15) is 46.0 Å². The SMILES string of the molecule is CC(C)C[C@H](NC(=O)[C@H](CC1CC1)NC(=O)[C@@H]1CCN1c1cccc(Cl)c1)B(O)O. The highest BCUT2D eigenvalue weighted by Gasteiger charge is 2.38. The van der Waals surface area contributed by atoms with Gasteiger partial charge in [0.1, 0.15) is 12.1 Å². The Hall–Kier alpha value is -1.77. The van der Waals surface area contributed by atoms with Crippen molar-refractivity contribution in [3.8, 4) is 0 Å². The van der Waals surface area contributed by atoms with Crippen molar-refractivity contribution in [2.45, 2.75) is 64.0 Å². The van der Waals surface area contributed by atoms with E-state index in [0.717, 1.165) is 25.1 Å². The quantitative estimate of drug-likeness (QED) is 0.419. The summed E-state index contributed by atoms with van der Waals surface area (Å²) in [5.74, 6) is -0.693. The van der Waals surface area contributed by atoms with Gasteiger partial charge in [-0.15, -0.1) is 0 Å². The number of carbonyl (C=O) groups excluding carboxylic acids is 2. The maximum absolute atomic E-state index is 12.9. The van der Waals surface area contributed by atoms with Crippen LogP contribution >= 0.6 is 11.6 Å². The maximum Gasteiger partial charge on any atom is 0.475 e. The van der Waals surface area contributed by atoms with Crippen LogP contribution in [0.5, 0.6) is 0 Å². The molecule has 1 heterocycles. The Bertz CT molecular complexity index is 760. The molecule has 0 radical (unpaired) electrons. The maximum atomic E-state index is 12.9. The van der Waals surface area contributed by atoms with Gasteiger partial charge >= 0.3 is 7.12 Å². The van der Waals surface area contributed by atoms with Crippen molar-refractivity contribution in [2.75, 3.05) is 11.4 Å². The first-order chi connectivity index (χ1) is 14.2. The van der Waals surface area contributed by atoms with E-state index in [0.29, 0.717) is 30.2 Å². The van der Waals surface area contributed by atoms with E-state index < -0.39 is 19.1 Å². The van der Waals surface area contributed by atoms with Crippen LogP contribution in [0, 0.1) is 11.8 Å².